The summed E-state index contributed by atoms with van der Waals surface area (Å²) in [6.45, 7) is 3.80. The van der Waals surface area contributed by atoms with Crippen molar-refractivity contribution in [3.8, 4) is 0 Å². The van der Waals surface area contributed by atoms with E-state index in [9.17, 15) is 4.79 Å². The Bertz CT molecular complexity index is 725. The van der Waals surface area contributed by atoms with E-state index in [4.69, 9.17) is 4.74 Å². The summed E-state index contributed by atoms with van der Waals surface area (Å²) < 4.78 is 6.04. The van der Waals surface area contributed by atoms with E-state index in [1.165, 1.54) is 5.56 Å². The van der Waals surface area contributed by atoms with Crippen LogP contribution in [-0.2, 0) is 16.0 Å². The van der Waals surface area contributed by atoms with E-state index in [1.54, 1.807) is 0 Å². The number of benzene rings is 2. The van der Waals surface area contributed by atoms with Crippen LogP contribution >= 0.6 is 12.4 Å². The van der Waals surface area contributed by atoms with Crippen molar-refractivity contribution >= 4 is 24.0 Å². The van der Waals surface area contributed by atoms with E-state index in [-0.39, 0.29) is 30.5 Å². The average Bonchev–Trinajstić information content (AvgIpc) is 3.07. The summed E-state index contributed by atoms with van der Waals surface area (Å²) in [5.74, 6) is 0.0551. The minimum atomic E-state index is -0.222. The summed E-state index contributed by atoms with van der Waals surface area (Å²) in [5, 5.41) is 0. The fourth-order valence-corrected chi connectivity index (χ4v) is 3.86. The molecule has 26 heavy (non-hydrogen) atoms. The Morgan fingerprint density at radius 2 is 1.65 bits per heavy atom. The minimum Gasteiger partial charge on any atom is -0.362 e. The van der Waals surface area contributed by atoms with E-state index < -0.39 is 0 Å². The molecule has 1 unspecified atom stereocenters. The van der Waals surface area contributed by atoms with Crippen molar-refractivity contribution in [2.24, 2.45) is 0 Å². The lowest BCUT2D eigenvalue weighted by molar-refractivity contribution is -0.137. The Morgan fingerprint density at radius 3 is 2.38 bits per heavy atom. The first-order valence-electron chi connectivity index (χ1n) is 9.00. The van der Waals surface area contributed by atoms with Crippen molar-refractivity contribution in [1.82, 2.24) is 4.90 Å². The highest BCUT2D eigenvalue weighted by Gasteiger charge is 2.45. The molecule has 2 heterocycles. The summed E-state index contributed by atoms with van der Waals surface area (Å²) >= 11 is 0. The van der Waals surface area contributed by atoms with Crippen molar-refractivity contribution in [2.75, 3.05) is 37.7 Å². The van der Waals surface area contributed by atoms with Crippen molar-refractivity contribution in [3.63, 3.8) is 0 Å². The summed E-state index contributed by atoms with van der Waals surface area (Å²) in [6.07, 6.45) is 2.04. The first-order valence-corrected chi connectivity index (χ1v) is 9.00. The third-order valence-corrected chi connectivity index (χ3v) is 5.27. The zero-order chi connectivity index (χ0) is 17.1. The molecule has 2 aromatic carbocycles. The Kier molecular flexibility index (Phi) is 5.97. The topological polar surface area (TPSA) is 32.8 Å². The third-order valence-electron chi connectivity index (χ3n) is 5.27. The normalized spacial score (nSPS) is 23.2. The van der Waals surface area contributed by atoms with Gasteiger partial charge in [-0.25, -0.2) is 0 Å². The largest absolute Gasteiger partial charge is 0.362 e. The molecule has 2 aliphatic rings. The Morgan fingerprint density at radius 1 is 0.962 bits per heavy atom. The third kappa shape index (κ3) is 4.09. The molecule has 1 atom stereocenters. The molecule has 4 rings (SSSR count). The van der Waals surface area contributed by atoms with E-state index >= 15 is 0 Å². The van der Waals surface area contributed by atoms with Gasteiger partial charge in [0.2, 0.25) is 0 Å². The van der Waals surface area contributed by atoms with Crippen molar-refractivity contribution in [3.05, 3.63) is 66.2 Å². The number of hydrogen-bond acceptors (Lipinski definition) is 3. The van der Waals surface area contributed by atoms with Crippen LogP contribution in [0.3, 0.4) is 0 Å². The fourth-order valence-electron chi connectivity index (χ4n) is 3.86. The molecule has 2 aromatic rings. The Labute approximate surface area is 161 Å². The highest BCUT2D eigenvalue weighted by atomic mass is 35.5. The van der Waals surface area contributed by atoms with Crippen molar-refractivity contribution in [2.45, 2.75) is 18.4 Å². The lowest BCUT2D eigenvalue weighted by atomic mass is 10.00. The molecular weight excluding hydrogens is 348 g/mol. The molecule has 138 valence electrons. The van der Waals surface area contributed by atoms with Gasteiger partial charge in [-0.1, -0.05) is 48.5 Å². The Hall–Kier alpha value is -1.88. The fraction of sp³-hybridized carbons (Fsp3) is 0.381. The molecule has 2 saturated heterocycles. The second-order valence-electron chi connectivity index (χ2n) is 7.05. The molecular formula is C21H25ClN2O2. The van der Waals surface area contributed by atoms with E-state index in [2.05, 4.69) is 35.2 Å². The number of para-hydroxylation sites is 1. The highest BCUT2D eigenvalue weighted by molar-refractivity contribution is 5.95. The van der Waals surface area contributed by atoms with Crippen LogP contribution in [0, 0.1) is 0 Å². The van der Waals surface area contributed by atoms with Crippen LogP contribution in [0.2, 0.25) is 0 Å². The van der Waals surface area contributed by atoms with Crippen LogP contribution in [-0.4, -0.2) is 49.2 Å². The molecule has 0 N–H and O–H groups in total. The molecule has 2 aliphatic heterocycles. The van der Waals surface area contributed by atoms with Gasteiger partial charge in [-0.2, -0.15) is 0 Å². The number of hydrogen-bond donors (Lipinski definition) is 0. The van der Waals surface area contributed by atoms with Crippen LogP contribution in [0.25, 0.3) is 0 Å². The second kappa shape index (κ2) is 8.21. The molecule has 4 nitrogen and oxygen atoms in total. The summed E-state index contributed by atoms with van der Waals surface area (Å²) in [5.41, 5.74) is 2.12. The van der Waals surface area contributed by atoms with Crippen LogP contribution in [0.5, 0.6) is 0 Å². The van der Waals surface area contributed by atoms with Gasteiger partial charge in [-0.3, -0.25) is 9.69 Å². The number of anilines is 1. The quantitative estimate of drug-likeness (QED) is 0.826. The number of carbonyl (C=O) groups is 1. The van der Waals surface area contributed by atoms with Crippen LogP contribution < -0.4 is 4.90 Å². The molecule has 1 amide bonds. The smallest absolute Gasteiger partial charge is 0.253 e. The van der Waals surface area contributed by atoms with Crippen molar-refractivity contribution < 1.29 is 9.53 Å². The molecule has 0 aliphatic carbocycles. The van der Waals surface area contributed by atoms with Gasteiger partial charge in [-0.05, 0) is 30.5 Å². The maximum atomic E-state index is 12.3. The second-order valence-corrected chi connectivity index (χ2v) is 7.05. The van der Waals surface area contributed by atoms with Gasteiger partial charge in [0.05, 0.1) is 6.54 Å². The number of amides is 1. The van der Waals surface area contributed by atoms with Crippen LogP contribution in [0.4, 0.5) is 5.69 Å². The van der Waals surface area contributed by atoms with Crippen molar-refractivity contribution in [1.29, 1.82) is 0 Å². The minimum absolute atomic E-state index is 0. The van der Waals surface area contributed by atoms with Crippen LogP contribution in [0.1, 0.15) is 12.0 Å². The average molecular weight is 373 g/mol. The maximum absolute atomic E-state index is 12.3. The number of ether oxygens (including phenoxy) is 1. The first kappa shape index (κ1) is 18.9. The standard InChI is InChI=1S/C21H24N2O2.ClH/c24-20-15-25-21(17-23(20)19-9-5-2-6-10-19)12-14-22(16-21)13-11-18-7-3-1-4-8-18;/h1-10H,11-17H2;1H. The van der Waals surface area contributed by atoms with Gasteiger partial charge in [0, 0.05) is 25.3 Å². The molecule has 5 heteroatoms. The summed E-state index contributed by atoms with van der Waals surface area (Å²) in [7, 11) is 0. The van der Waals surface area contributed by atoms with Gasteiger partial charge >= 0.3 is 0 Å². The van der Waals surface area contributed by atoms with E-state index in [0.717, 1.165) is 38.2 Å². The lowest BCUT2D eigenvalue weighted by Gasteiger charge is -2.40. The lowest BCUT2D eigenvalue weighted by Crippen LogP contribution is -2.56. The molecule has 0 aromatic heterocycles. The van der Waals surface area contributed by atoms with Gasteiger partial charge in [0.1, 0.15) is 12.2 Å². The molecule has 1 spiro atoms. The predicted molar refractivity (Wildman–Crippen MR) is 106 cm³/mol. The zero-order valence-electron chi connectivity index (χ0n) is 14.8. The van der Waals surface area contributed by atoms with E-state index in [0.29, 0.717) is 6.54 Å². The summed E-state index contributed by atoms with van der Waals surface area (Å²) in [4.78, 5) is 16.7. The van der Waals surface area contributed by atoms with E-state index in [1.807, 2.05) is 35.2 Å². The summed E-state index contributed by atoms with van der Waals surface area (Å²) in [6, 6.07) is 20.5. The maximum Gasteiger partial charge on any atom is 0.253 e. The monoisotopic (exact) mass is 372 g/mol. The SMILES string of the molecule is Cl.O=C1COC2(CCN(CCc3ccccc3)C2)CN1c1ccccc1. The number of morpholine rings is 1. The highest BCUT2D eigenvalue weighted by Crippen LogP contribution is 2.32. The van der Waals surface area contributed by atoms with Gasteiger partial charge in [-0.15, -0.1) is 12.4 Å². The molecule has 2 fully saturated rings. The number of carbonyl (C=O) groups excluding carboxylic acids is 1. The molecule has 0 saturated carbocycles. The molecule has 0 bridgehead atoms. The first-order chi connectivity index (χ1) is 12.2. The van der Waals surface area contributed by atoms with Crippen LogP contribution in [0.15, 0.2) is 60.7 Å². The number of likely N-dealkylation sites (tertiary alicyclic amines) is 1. The number of nitrogens with zero attached hydrogens (tertiary/aromatic N) is 2. The molecule has 0 radical (unpaired) electrons. The number of halogens is 1. The van der Waals surface area contributed by atoms with Gasteiger partial charge in [0.25, 0.3) is 5.91 Å². The van der Waals surface area contributed by atoms with Gasteiger partial charge in [0.15, 0.2) is 0 Å². The van der Waals surface area contributed by atoms with Gasteiger partial charge < -0.3 is 9.64 Å². The zero-order valence-corrected chi connectivity index (χ0v) is 15.7. The Balaban J connectivity index is 0.00000196. The number of rotatable bonds is 4. The predicted octanol–water partition coefficient (Wildman–Crippen LogP) is 3.16.